The lowest BCUT2D eigenvalue weighted by atomic mass is 9.89. The van der Waals surface area contributed by atoms with Crippen LogP contribution < -0.4 is 5.69 Å². The maximum absolute atomic E-state index is 13.3. The van der Waals surface area contributed by atoms with Gasteiger partial charge in [0.15, 0.2) is 5.65 Å². The molecule has 6 rings (SSSR count). The normalized spacial score (nSPS) is 14.3. The number of aromatic nitrogens is 4. The molecule has 0 bridgehead atoms. The molecule has 0 atom stereocenters. The highest BCUT2D eigenvalue weighted by Crippen LogP contribution is 2.36. The molecule has 37 heavy (non-hydrogen) atoms. The van der Waals surface area contributed by atoms with Crippen LogP contribution in [0.25, 0.3) is 39.0 Å². The van der Waals surface area contributed by atoms with E-state index in [9.17, 15) is 4.79 Å². The molecule has 2 heterocycles. The Labute approximate surface area is 225 Å². The zero-order valence-corrected chi connectivity index (χ0v) is 21.8. The third-order valence-corrected chi connectivity index (χ3v) is 7.78. The maximum atomic E-state index is 13.3. The van der Waals surface area contributed by atoms with Crippen molar-refractivity contribution in [2.24, 2.45) is 5.92 Å². The van der Waals surface area contributed by atoms with Crippen molar-refractivity contribution in [2.75, 3.05) is 0 Å². The summed E-state index contributed by atoms with van der Waals surface area (Å²) in [5, 5.41) is 10.7. The van der Waals surface area contributed by atoms with Crippen LogP contribution in [0.1, 0.15) is 32.1 Å². The molecule has 7 heteroatoms. The van der Waals surface area contributed by atoms with E-state index in [1.807, 2.05) is 48.5 Å². The third-order valence-electron chi connectivity index (χ3n) is 7.28. The standard InChI is InChI=1S/C30H26Cl2N4O/c31-25-14-10-22(11-15-25)21-6-8-23(9-7-21)27-18-33-36-29(28(27)24-12-16-26(32)17-13-24)34-35(30(36)37)19-20-4-2-1-3-5-20/h6-18,20H,1-5,19H2. The average Bonchev–Trinajstić information content (AvgIpc) is 3.25. The van der Waals surface area contributed by atoms with E-state index in [0.29, 0.717) is 28.2 Å². The molecule has 2 aromatic heterocycles. The van der Waals surface area contributed by atoms with Gasteiger partial charge in [-0.15, -0.1) is 5.10 Å². The number of benzene rings is 3. The van der Waals surface area contributed by atoms with Crippen LogP contribution in [0.3, 0.4) is 0 Å². The Kier molecular flexibility index (Phi) is 6.58. The second kappa shape index (κ2) is 10.2. The average molecular weight is 529 g/mol. The second-order valence-corrected chi connectivity index (χ2v) is 10.6. The zero-order valence-electron chi connectivity index (χ0n) is 20.3. The summed E-state index contributed by atoms with van der Waals surface area (Å²) >= 11 is 12.3. The Morgan fingerprint density at radius 1 is 0.730 bits per heavy atom. The summed E-state index contributed by atoms with van der Waals surface area (Å²) in [5.74, 6) is 0.482. The van der Waals surface area contributed by atoms with Gasteiger partial charge in [-0.2, -0.15) is 9.61 Å². The fourth-order valence-electron chi connectivity index (χ4n) is 5.30. The van der Waals surface area contributed by atoms with Gasteiger partial charge in [-0.3, -0.25) is 0 Å². The minimum Gasteiger partial charge on any atom is -0.244 e. The molecule has 1 aliphatic carbocycles. The molecule has 0 unspecified atom stereocenters. The summed E-state index contributed by atoms with van der Waals surface area (Å²) in [6, 6.07) is 23.8. The number of rotatable bonds is 5. The van der Waals surface area contributed by atoms with Crippen LogP contribution in [0, 0.1) is 5.92 Å². The molecular formula is C30H26Cl2N4O. The third kappa shape index (κ3) is 4.81. The SMILES string of the molecule is O=c1n(CC2CCCCC2)nc2c(-c3ccc(Cl)cc3)c(-c3ccc(-c4ccc(Cl)cc4)cc3)cnn12. The highest BCUT2D eigenvalue weighted by molar-refractivity contribution is 6.31. The topological polar surface area (TPSA) is 52.2 Å². The van der Waals surface area contributed by atoms with E-state index < -0.39 is 0 Å². The van der Waals surface area contributed by atoms with E-state index >= 15 is 0 Å². The van der Waals surface area contributed by atoms with Crippen LogP contribution in [-0.4, -0.2) is 19.4 Å². The predicted octanol–water partition coefficient (Wildman–Crippen LogP) is 7.78. The van der Waals surface area contributed by atoms with Gasteiger partial charge in [0.05, 0.1) is 6.20 Å². The highest BCUT2D eigenvalue weighted by atomic mass is 35.5. The number of hydrogen-bond donors (Lipinski definition) is 0. The molecule has 3 aromatic carbocycles. The van der Waals surface area contributed by atoms with E-state index in [2.05, 4.69) is 29.4 Å². The fraction of sp³-hybridized carbons (Fsp3) is 0.233. The van der Waals surface area contributed by atoms with Gasteiger partial charge < -0.3 is 0 Å². The van der Waals surface area contributed by atoms with Crippen LogP contribution in [0.4, 0.5) is 0 Å². The van der Waals surface area contributed by atoms with Gasteiger partial charge in [0.2, 0.25) is 0 Å². The largest absolute Gasteiger partial charge is 0.367 e. The van der Waals surface area contributed by atoms with Crippen molar-refractivity contribution in [2.45, 2.75) is 38.6 Å². The van der Waals surface area contributed by atoms with E-state index in [1.54, 1.807) is 10.9 Å². The Balaban J connectivity index is 1.46. The lowest BCUT2D eigenvalue weighted by Gasteiger charge is -2.20. The number of halogens is 2. The first kappa shape index (κ1) is 24.0. The molecule has 5 nitrogen and oxygen atoms in total. The van der Waals surface area contributed by atoms with Crippen molar-refractivity contribution < 1.29 is 0 Å². The van der Waals surface area contributed by atoms with Crippen molar-refractivity contribution in [1.29, 1.82) is 0 Å². The van der Waals surface area contributed by atoms with E-state index in [-0.39, 0.29) is 5.69 Å². The highest BCUT2D eigenvalue weighted by Gasteiger charge is 2.21. The van der Waals surface area contributed by atoms with Gasteiger partial charge in [-0.1, -0.05) is 91.0 Å². The summed E-state index contributed by atoms with van der Waals surface area (Å²) in [7, 11) is 0. The molecule has 5 aromatic rings. The smallest absolute Gasteiger partial charge is 0.244 e. The molecule has 0 spiro atoms. The Morgan fingerprint density at radius 2 is 1.27 bits per heavy atom. The second-order valence-electron chi connectivity index (χ2n) is 9.73. The van der Waals surface area contributed by atoms with Gasteiger partial charge in [-0.25, -0.2) is 9.48 Å². The van der Waals surface area contributed by atoms with E-state index in [4.69, 9.17) is 28.3 Å². The summed E-state index contributed by atoms with van der Waals surface area (Å²) in [5.41, 5.74) is 6.25. The first-order valence-corrected chi connectivity index (χ1v) is 13.4. The zero-order chi connectivity index (χ0) is 25.4. The molecule has 0 amide bonds. The van der Waals surface area contributed by atoms with Crippen molar-refractivity contribution in [3.05, 3.63) is 99.5 Å². The first-order chi connectivity index (χ1) is 18.1. The van der Waals surface area contributed by atoms with Gasteiger partial charge in [0, 0.05) is 27.7 Å². The van der Waals surface area contributed by atoms with Crippen LogP contribution in [-0.2, 0) is 6.54 Å². The monoisotopic (exact) mass is 528 g/mol. The van der Waals surface area contributed by atoms with Crippen molar-refractivity contribution in [3.8, 4) is 33.4 Å². The van der Waals surface area contributed by atoms with Gasteiger partial charge >= 0.3 is 5.69 Å². The van der Waals surface area contributed by atoms with Crippen LogP contribution in [0.15, 0.2) is 83.8 Å². The Hall–Kier alpha value is -3.41. The van der Waals surface area contributed by atoms with Crippen molar-refractivity contribution >= 4 is 28.8 Å². The van der Waals surface area contributed by atoms with Crippen LogP contribution in [0.2, 0.25) is 10.0 Å². The number of hydrogen-bond acceptors (Lipinski definition) is 3. The number of fused-ring (bicyclic) bond motifs is 1. The summed E-state index contributed by atoms with van der Waals surface area (Å²) in [4.78, 5) is 13.3. The minimum atomic E-state index is -0.194. The molecular weight excluding hydrogens is 503 g/mol. The molecule has 0 radical (unpaired) electrons. The molecule has 0 saturated heterocycles. The summed E-state index contributed by atoms with van der Waals surface area (Å²) in [6.07, 6.45) is 7.77. The lowest BCUT2D eigenvalue weighted by molar-refractivity contribution is 0.304. The molecule has 1 saturated carbocycles. The van der Waals surface area contributed by atoms with Gasteiger partial charge in [-0.05, 0) is 65.3 Å². The van der Waals surface area contributed by atoms with Crippen molar-refractivity contribution in [3.63, 3.8) is 0 Å². The molecule has 1 aliphatic rings. The van der Waals surface area contributed by atoms with Gasteiger partial charge in [0.1, 0.15) is 0 Å². The summed E-state index contributed by atoms with van der Waals surface area (Å²) < 4.78 is 3.03. The van der Waals surface area contributed by atoms with Crippen LogP contribution >= 0.6 is 23.2 Å². The minimum absolute atomic E-state index is 0.194. The van der Waals surface area contributed by atoms with E-state index in [0.717, 1.165) is 46.2 Å². The lowest BCUT2D eigenvalue weighted by Crippen LogP contribution is -2.26. The molecule has 0 N–H and O–H groups in total. The Bertz CT molecular complexity index is 1600. The molecule has 186 valence electrons. The fourth-order valence-corrected chi connectivity index (χ4v) is 5.55. The number of nitrogens with zero attached hydrogens (tertiary/aromatic N) is 4. The van der Waals surface area contributed by atoms with Crippen LogP contribution in [0.5, 0.6) is 0 Å². The molecule has 1 fully saturated rings. The molecule has 0 aliphatic heterocycles. The van der Waals surface area contributed by atoms with Gasteiger partial charge in [0.25, 0.3) is 0 Å². The first-order valence-electron chi connectivity index (χ1n) is 12.7. The predicted molar refractivity (Wildman–Crippen MR) is 150 cm³/mol. The quantitative estimate of drug-likeness (QED) is 0.234. The van der Waals surface area contributed by atoms with Crippen molar-refractivity contribution in [1.82, 2.24) is 19.4 Å². The van der Waals surface area contributed by atoms with E-state index in [1.165, 1.54) is 23.8 Å². The summed E-state index contributed by atoms with van der Waals surface area (Å²) in [6.45, 7) is 0.632. The maximum Gasteiger partial charge on any atom is 0.367 e. The Morgan fingerprint density at radius 3 is 1.89 bits per heavy atom.